The number of rotatable bonds is 12. The number of ketones is 1. The Balaban J connectivity index is 2.26. The highest BCUT2D eigenvalue weighted by Gasteiger charge is 2.33. The van der Waals surface area contributed by atoms with Gasteiger partial charge in [-0.15, -0.1) is 0 Å². The third kappa shape index (κ3) is 12.6. The van der Waals surface area contributed by atoms with E-state index in [0.29, 0.717) is 36.1 Å². The van der Waals surface area contributed by atoms with Crippen LogP contribution in [-0.4, -0.2) is 24.8 Å². The Morgan fingerprint density at radius 3 is 1.78 bits per heavy atom. The second-order valence-corrected chi connectivity index (χ2v) is 10.9. The molecule has 0 amide bonds. The predicted molar refractivity (Wildman–Crippen MR) is 114 cm³/mol. The molecule has 0 spiro atoms. The highest BCUT2D eigenvalue weighted by atomic mass is 16.7. The van der Waals surface area contributed by atoms with Gasteiger partial charge in [-0.3, -0.25) is 4.79 Å². The van der Waals surface area contributed by atoms with Gasteiger partial charge in [-0.2, -0.15) is 0 Å². The van der Waals surface area contributed by atoms with Crippen molar-refractivity contribution in [2.45, 2.75) is 124 Å². The molecule has 0 radical (unpaired) electrons. The van der Waals surface area contributed by atoms with Crippen molar-refractivity contribution < 1.29 is 14.3 Å². The van der Waals surface area contributed by atoms with E-state index in [2.05, 4.69) is 41.5 Å². The second kappa shape index (κ2) is 11.6. The van der Waals surface area contributed by atoms with Crippen molar-refractivity contribution in [2.24, 2.45) is 10.8 Å². The normalized spacial score (nSPS) is 17.9. The van der Waals surface area contributed by atoms with Crippen LogP contribution in [0, 0.1) is 10.8 Å². The lowest BCUT2D eigenvalue weighted by Gasteiger charge is -2.37. The van der Waals surface area contributed by atoms with Gasteiger partial charge in [-0.05, 0) is 55.8 Å². The fourth-order valence-electron chi connectivity index (χ4n) is 3.75. The highest BCUT2D eigenvalue weighted by molar-refractivity contribution is 5.78. The molecule has 160 valence electrons. The fraction of sp³-hybridized carbons (Fsp3) is 0.958. The van der Waals surface area contributed by atoms with E-state index in [1.165, 1.54) is 25.7 Å². The van der Waals surface area contributed by atoms with Gasteiger partial charge in [0, 0.05) is 25.7 Å². The van der Waals surface area contributed by atoms with Gasteiger partial charge in [-0.25, -0.2) is 0 Å². The first-order chi connectivity index (χ1) is 12.5. The molecule has 0 heterocycles. The van der Waals surface area contributed by atoms with E-state index in [9.17, 15) is 4.79 Å². The topological polar surface area (TPSA) is 35.5 Å². The van der Waals surface area contributed by atoms with Crippen LogP contribution in [-0.2, 0) is 14.3 Å². The molecule has 1 aliphatic carbocycles. The largest absolute Gasteiger partial charge is 0.350 e. The van der Waals surface area contributed by atoms with E-state index in [4.69, 9.17) is 9.47 Å². The third-order valence-electron chi connectivity index (χ3n) is 5.40. The van der Waals surface area contributed by atoms with E-state index in [0.717, 1.165) is 45.1 Å². The summed E-state index contributed by atoms with van der Waals surface area (Å²) >= 11 is 0. The molecule has 1 saturated carbocycles. The minimum absolute atomic E-state index is 0.321. The Kier molecular flexibility index (Phi) is 10.5. The quantitative estimate of drug-likeness (QED) is 0.267. The third-order valence-corrected chi connectivity index (χ3v) is 5.40. The van der Waals surface area contributed by atoms with Gasteiger partial charge in [0.2, 0.25) is 0 Å². The maximum atomic E-state index is 12.1. The average molecular weight is 383 g/mol. The summed E-state index contributed by atoms with van der Waals surface area (Å²) in [7, 11) is 0. The zero-order valence-corrected chi connectivity index (χ0v) is 19.1. The van der Waals surface area contributed by atoms with E-state index in [1.54, 1.807) is 0 Å². The number of hydrogen-bond donors (Lipinski definition) is 0. The lowest BCUT2D eigenvalue weighted by molar-refractivity contribution is -0.253. The summed E-state index contributed by atoms with van der Waals surface area (Å²) in [6.07, 6.45) is 12.2. The highest BCUT2D eigenvalue weighted by Crippen LogP contribution is 2.34. The maximum Gasteiger partial charge on any atom is 0.168 e. The van der Waals surface area contributed by atoms with Crippen molar-refractivity contribution in [1.29, 1.82) is 0 Å². The average Bonchev–Trinajstić information content (AvgIpc) is 2.55. The molecule has 1 fully saturated rings. The van der Waals surface area contributed by atoms with E-state index >= 15 is 0 Å². The first-order valence-corrected chi connectivity index (χ1v) is 11.3. The Bertz CT molecular complexity index is 408. The van der Waals surface area contributed by atoms with Gasteiger partial charge in [0.25, 0.3) is 0 Å². The molecule has 1 rings (SSSR count). The van der Waals surface area contributed by atoms with Crippen molar-refractivity contribution in [3.63, 3.8) is 0 Å². The summed E-state index contributed by atoms with van der Waals surface area (Å²) < 4.78 is 12.5. The molecule has 0 aromatic rings. The van der Waals surface area contributed by atoms with Crippen molar-refractivity contribution in [3.05, 3.63) is 0 Å². The SMILES string of the molecule is CC(C)(C)CCCOC1(OCCCC(=O)CCCC(C)(C)C)CCCCC1. The number of carbonyl (C=O) groups is 1. The predicted octanol–water partition coefficient (Wildman–Crippen LogP) is 7.07. The first kappa shape index (κ1) is 24.6. The molecule has 0 unspecified atom stereocenters. The summed E-state index contributed by atoms with van der Waals surface area (Å²) in [4.78, 5) is 12.1. The van der Waals surface area contributed by atoms with Gasteiger partial charge >= 0.3 is 0 Å². The Hall–Kier alpha value is -0.410. The maximum absolute atomic E-state index is 12.1. The molecule has 0 N–H and O–H groups in total. The zero-order valence-electron chi connectivity index (χ0n) is 19.1. The Morgan fingerprint density at radius 2 is 1.22 bits per heavy atom. The van der Waals surface area contributed by atoms with Crippen molar-refractivity contribution in [3.8, 4) is 0 Å². The minimum Gasteiger partial charge on any atom is -0.350 e. The van der Waals surface area contributed by atoms with Crippen molar-refractivity contribution >= 4 is 5.78 Å². The Labute approximate surface area is 169 Å². The molecule has 0 aromatic carbocycles. The minimum atomic E-state index is -0.384. The molecule has 3 nitrogen and oxygen atoms in total. The standard InChI is InChI=1S/C24H46O3/c1-22(2,3)15-10-13-21(25)14-11-19-26-24(17-8-7-9-18-24)27-20-12-16-23(4,5)6/h7-20H2,1-6H3. The number of carbonyl (C=O) groups excluding carboxylic acids is 1. The molecular formula is C24H46O3. The van der Waals surface area contributed by atoms with Crippen molar-refractivity contribution in [2.75, 3.05) is 13.2 Å². The number of ether oxygens (including phenoxy) is 2. The summed E-state index contributed by atoms with van der Waals surface area (Å²) in [5.74, 6) is -0.00237. The van der Waals surface area contributed by atoms with Crippen LogP contribution in [0.25, 0.3) is 0 Å². The molecule has 1 aliphatic rings. The van der Waals surface area contributed by atoms with Crippen molar-refractivity contribution in [1.82, 2.24) is 0 Å². The number of hydrogen-bond acceptors (Lipinski definition) is 3. The van der Waals surface area contributed by atoms with Gasteiger partial charge in [-0.1, -0.05) is 48.0 Å². The molecule has 0 bridgehead atoms. The lowest BCUT2D eigenvalue weighted by atomic mass is 9.89. The molecule has 3 heteroatoms. The summed E-state index contributed by atoms with van der Waals surface area (Å²) in [5.41, 5.74) is 0.679. The summed E-state index contributed by atoms with van der Waals surface area (Å²) in [6.45, 7) is 15.0. The van der Waals surface area contributed by atoms with Crippen LogP contribution < -0.4 is 0 Å². The fourth-order valence-corrected chi connectivity index (χ4v) is 3.75. The van der Waals surface area contributed by atoms with Gasteiger partial charge in [0.15, 0.2) is 5.79 Å². The molecule has 0 saturated heterocycles. The van der Waals surface area contributed by atoms with E-state index in [1.807, 2.05) is 0 Å². The summed E-state index contributed by atoms with van der Waals surface area (Å²) in [6, 6.07) is 0. The van der Waals surface area contributed by atoms with Gasteiger partial charge < -0.3 is 9.47 Å². The van der Waals surface area contributed by atoms with Gasteiger partial charge in [0.1, 0.15) is 5.78 Å². The molecule has 0 aromatic heterocycles. The zero-order chi connectivity index (χ0) is 20.4. The van der Waals surface area contributed by atoms with Crippen LogP contribution in [0.3, 0.4) is 0 Å². The van der Waals surface area contributed by atoms with Crippen LogP contribution in [0.5, 0.6) is 0 Å². The van der Waals surface area contributed by atoms with Crippen LogP contribution in [0.4, 0.5) is 0 Å². The van der Waals surface area contributed by atoms with Crippen LogP contribution in [0.1, 0.15) is 119 Å². The van der Waals surface area contributed by atoms with E-state index < -0.39 is 0 Å². The van der Waals surface area contributed by atoms with Gasteiger partial charge in [0.05, 0.1) is 13.2 Å². The van der Waals surface area contributed by atoms with E-state index in [-0.39, 0.29) is 5.79 Å². The lowest BCUT2D eigenvalue weighted by Crippen LogP contribution is -2.39. The molecular weight excluding hydrogens is 336 g/mol. The van der Waals surface area contributed by atoms with Crippen LogP contribution in [0.15, 0.2) is 0 Å². The molecule has 27 heavy (non-hydrogen) atoms. The monoisotopic (exact) mass is 382 g/mol. The smallest absolute Gasteiger partial charge is 0.168 e. The molecule has 0 aliphatic heterocycles. The first-order valence-electron chi connectivity index (χ1n) is 11.3. The second-order valence-electron chi connectivity index (χ2n) is 10.9. The number of Topliss-reactive ketones (excluding diaryl/α,β-unsaturated/α-hetero) is 1. The summed E-state index contributed by atoms with van der Waals surface area (Å²) in [5, 5.41) is 0. The molecule has 0 atom stereocenters. The Morgan fingerprint density at radius 1 is 0.741 bits per heavy atom. The van der Waals surface area contributed by atoms with Crippen LogP contribution in [0.2, 0.25) is 0 Å². The van der Waals surface area contributed by atoms with Crippen LogP contribution >= 0.6 is 0 Å².